The van der Waals surface area contributed by atoms with Gasteiger partial charge in [0, 0.05) is 31.9 Å². The van der Waals surface area contributed by atoms with E-state index in [0.717, 1.165) is 44.9 Å². The average Bonchev–Trinajstić information content (AvgIpc) is 2.60. The van der Waals surface area contributed by atoms with Gasteiger partial charge in [0.15, 0.2) is 0 Å². The molecule has 23 heavy (non-hydrogen) atoms. The Kier molecular flexibility index (Phi) is 6.71. The number of benzene rings is 1. The number of carbonyl (C=O) groups excluding carboxylic acids is 1. The highest BCUT2D eigenvalue weighted by molar-refractivity contribution is 5.78. The van der Waals surface area contributed by atoms with Crippen molar-refractivity contribution in [3.8, 4) is 5.75 Å². The zero-order valence-corrected chi connectivity index (χ0v) is 14.6. The molecule has 0 saturated carbocycles. The van der Waals surface area contributed by atoms with Crippen LogP contribution in [0.1, 0.15) is 19.8 Å². The van der Waals surface area contributed by atoms with E-state index in [1.165, 1.54) is 12.1 Å². The third-order valence-corrected chi connectivity index (χ3v) is 4.37. The summed E-state index contributed by atoms with van der Waals surface area (Å²) in [6, 6.07) is 8.12. The molecule has 0 spiro atoms. The highest BCUT2D eigenvalue weighted by Crippen LogP contribution is 2.20. The Balaban J connectivity index is 1.79. The summed E-state index contributed by atoms with van der Waals surface area (Å²) >= 11 is 0. The summed E-state index contributed by atoms with van der Waals surface area (Å²) in [5, 5.41) is 0. The number of carbonyl (C=O) groups is 1. The van der Waals surface area contributed by atoms with Crippen LogP contribution in [-0.4, -0.2) is 69.1 Å². The third-order valence-electron chi connectivity index (χ3n) is 4.37. The molecule has 0 aromatic heterocycles. The van der Waals surface area contributed by atoms with Crippen LogP contribution >= 0.6 is 0 Å². The fourth-order valence-electron chi connectivity index (χ4n) is 2.85. The van der Waals surface area contributed by atoms with Crippen LogP contribution in [0.5, 0.6) is 5.75 Å². The Morgan fingerprint density at radius 1 is 1.17 bits per heavy atom. The van der Waals surface area contributed by atoms with E-state index in [-0.39, 0.29) is 5.91 Å². The van der Waals surface area contributed by atoms with E-state index >= 15 is 0 Å². The second-order valence-corrected chi connectivity index (χ2v) is 6.16. The minimum atomic E-state index is 0.248. The fraction of sp³-hybridized carbons (Fsp3) is 0.611. The molecule has 1 fully saturated rings. The molecule has 1 saturated heterocycles. The maximum absolute atomic E-state index is 12.3. The van der Waals surface area contributed by atoms with Crippen LogP contribution in [-0.2, 0) is 4.79 Å². The Morgan fingerprint density at radius 3 is 2.39 bits per heavy atom. The summed E-state index contributed by atoms with van der Waals surface area (Å²) in [7, 11) is 3.71. The first-order valence-electron chi connectivity index (χ1n) is 8.49. The van der Waals surface area contributed by atoms with Crippen LogP contribution in [0, 0.1) is 0 Å². The molecule has 1 amide bonds. The maximum atomic E-state index is 12.3. The topological polar surface area (TPSA) is 36.0 Å². The van der Waals surface area contributed by atoms with E-state index in [0.29, 0.717) is 6.54 Å². The average molecular weight is 319 g/mol. The number of amides is 1. The van der Waals surface area contributed by atoms with Crippen molar-refractivity contribution >= 4 is 11.6 Å². The van der Waals surface area contributed by atoms with Gasteiger partial charge in [-0.25, -0.2) is 0 Å². The first kappa shape index (κ1) is 17.6. The molecular weight excluding hydrogens is 290 g/mol. The minimum Gasteiger partial charge on any atom is -0.497 e. The standard InChI is InChI=1S/C18H29N3O2/c1-4-5-10-19(2)15-18(22)21-13-11-20(12-14-21)16-6-8-17(23-3)9-7-16/h6-9H,4-5,10-15H2,1-3H3. The molecule has 1 aliphatic heterocycles. The van der Waals surface area contributed by atoms with Gasteiger partial charge in [0.05, 0.1) is 13.7 Å². The number of rotatable bonds is 7. The largest absolute Gasteiger partial charge is 0.497 e. The molecule has 5 nitrogen and oxygen atoms in total. The quantitative estimate of drug-likeness (QED) is 0.771. The number of piperazine rings is 1. The first-order valence-corrected chi connectivity index (χ1v) is 8.49. The molecule has 0 radical (unpaired) electrons. The predicted octanol–water partition coefficient (Wildman–Crippen LogP) is 2.08. The van der Waals surface area contributed by atoms with Crippen LogP contribution in [0.15, 0.2) is 24.3 Å². The van der Waals surface area contributed by atoms with E-state index < -0.39 is 0 Å². The number of anilines is 1. The van der Waals surface area contributed by atoms with Crippen molar-refractivity contribution in [1.29, 1.82) is 0 Å². The van der Waals surface area contributed by atoms with Crippen LogP contribution in [0.4, 0.5) is 5.69 Å². The molecule has 5 heteroatoms. The van der Waals surface area contributed by atoms with E-state index in [2.05, 4.69) is 28.9 Å². The smallest absolute Gasteiger partial charge is 0.236 e. The maximum Gasteiger partial charge on any atom is 0.236 e. The third kappa shape index (κ3) is 5.13. The highest BCUT2D eigenvalue weighted by atomic mass is 16.5. The van der Waals surface area contributed by atoms with Crippen molar-refractivity contribution in [1.82, 2.24) is 9.80 Å². The molecule has 1 aliphatic rings. The van der Waals surface area contributed by atoms with Gasteiger partial charge in [0.1, 0.15) is 5.75 Å². The Bertz CT molecular complexity index is 482. The summed E-state index contributed by atoms with van der Waals surface area (Å²) < 4.78 is 5.19. The lowest BCUT2D eigenvalue weighted by molar-refractivity contribution is -0.132. The number of hydrogen-bond donors (Lipinski definition) is 0. The molecule has 2 rings (SSSR count). The summed E-state index contributed by atoms with van der Waals surface area (Å²) in [4.78, 5) is 18.8. The minimum absolute atomic E-state index is 0.248. The number of hydrogen-bond acceptors (Lipinski definition) is 4. The molecule has 0 unspecified atom stereocenters. The number of nitrogens with zero attached hydrogens (tertiary/aromatic N) is 3. The van der Waals surface area contributed by atoms with Gasteiger partial charge in [-0.1, -0.05) is 13.3 Å². The second-order valence-electron chi connectivity index (χ2n) is 6.16. The van der Waals surface area contributed by atoms with Crippen LogP contribution in [0.25, 0.3) is 0 Å². The van der Waals surface area contributed by atoms with Crippen LogP contribution < -0.4 is 9.64 Å². The molecule has 0 bridgehead atoms. The van der Waals surface area contributed by atoms with Gasteiger partial charge >= 0.3 is 0 Å². The summed E-state index contributed by atoms with van der Waals surface area (Å²) in [6.07, 6.45) is 2.31. The van der Waals surface area contributed by atoms with E-state index in [1.807, 2.05) is 24.1 Å². The molecule has 0 aliphatic carbocycles. The summed E-state index contributed by atoms with van der Waals surface area (Å²) in [5.41, 5.74) is 1.19. The second kappa shape index (κ2) is 8.77. The normalized spacial score (nSPS) is 15.1. The van der Waals surface area contributed by atoms with E-state index in [9.17, 15) is 4.79 Å². The van der Waals surface area contributed by atoms with Crippen molar-refractivity contribution in [2.75, 3.05) is 58.3 Å². The van der Waals surface area contributed by atoms with Crippen molar-refractivity contribution in [2.24, 2.45) is 0 Å². The molecule has 1 heterocycles. The number of likely N-dealkylation sites (N-methyl/N-ethyl adjacent to an activating group) is 1. The molecule has 0 N–H and O–H groups in total. The summed E-state index contributed by atoms with van der Waals surface area (Å²) in [5.74, 6) is 1.12. The molecule has 1 aromatic rings. The van der Waals surface area contributed by atoms with Crippen molar-refractivity contribution < 1.29 is 9.53 Å². The molecule has 128 valence electrons. The van der Waals surface area contributed by atoms with Crippen molar-refractivity contribution in [2.45, 2.75) is 19.8 Å². The van der Waals surface area contributed by atoms with Crippen LogP contribution in [0.2, 0.25) is 0 Å². The lowest BCUT2D eigenvalue weighted by atomic mass is 10.2. The molecule has 1 aromatic carbocycles. The van der Waals surface area contributed by atoms with Gasteiger partial charge in [0.25, 0.3) is 0 Å². The predicted molar refractivity (Wildman–Crippen MR) is 94.2 cm³/mol. The first-order chi connectivity index (χ1) is 11.1. The molecule has 0 atom stereocenters. The van der Waals surface area contributed by atoms with Crippen LogP contribution in [0.3, 0.4) is 0 Å². The van der Waals surface area contributed by atoms with Gasteiger partial charge < -0.3 is 14.5 Å². The summed E-state index contributed by atoms with van der Waals surface area (Å²) in [6.45, 7) is 7.07. The Labute approximate surface area is 139 Å². The SMILES string of the molecule is CCCCN(C)CC(=O)N1CCN(c2ccc(OC)cc2)CC1. The monoisotopic (exact) mass is 319 g/mol. The molecular formula is C18H29N3O2. The van der Waals surface area contributed by atoms with Gasteiger partial charge in [-0.05, 0) is 44.3 Å². The number of unbranched alkanes of at least 4 members (excludes halogenated alkanes) is 1. The number of ether oxygens (including phenoxy) is 1. The van der Waals surface area contributed by atoms with Gasteiger partial charge in [0.2, 0.25) is 5.91 Å². The Hall–Kier alpha value is -1.75. The van der Waals surface area contributed by atoms with Gasteiger partial charge in [-0.15, -0.1) is 0 Å². The van der Waals surface area contributed by atoms with Gasteiger partial charge in [-0.2, -0.15) is 0 Å². The lowest BCUT2D eigenvalue weighted by Crippen LogP contribution is -2.51. The number of methoxy groups -OCH3 is 1. The van der Waals surface area contributed by atoms with Gasteiger partial charge in [-0.3, -0.25) is 9.69 Å². The van der Waals surface area contributed by atoms with E-state index in [4.69, 9.17) is 4.74 Å². The zero-order chi connectivity index (χ0) is 16.7. The zero-order valence-electron chi connectivity index (χ0n) is 14.6. The Morgan fingerprint density at radius 2 is 1.83 bits per heavy atom. The van der Waals surface area contributed by atoms with Crippen molar-refractivity contribution in [3.05, 3.63) is 24.3 Å². The van der Waals surface area contributed by atoms with E-state index in [1.54, 1.807) is 7.11 Å². The lowest BCUT2D eigenvalue weighted by Gasteiger charge is -2.36. The highest BCUT2D eigenvalue weighted by Gasteiger charge is 2.21. The van der Waals surface area contributed by atoms with Crippen molar-refractivity contribution in [3.63, 3.8) is 0 Å². The fourth-order valence-corrected chi connectivity index (χ4v) is 2.85.